The maximum Gasteiger partial charge on any atom is 0.262 e. The third kappa shape index (κ3) is 2.85. The van der Waals surface area contributed by atoms with Crippen molar-refractivity contribution >= 4 is 27.5 Å². The summed E-state index contributed by atoms with van der Waals surface area (Å²) >= 11 is 1.52. The lowest BCUT2D eigenvalue weighted by Gasteiger charge is -2.12. The molecule has 0 radical (unpaired) electrons. The average Bonchev–Trinajstić information content (AvgIpc) is 2.81. The van der Waals surface area contributed by atoms with Crippen LogP contribution in [0.15, 0.2) is 29.1 Å². The third-order valence-electron chi connectivity index (χ3n) is 4.18. The fourth-order valence-electron chi connectivity index (χ4n) is 2.68. The summed E-state index contributed by atoms with van der Waals surface area (Å²) in [6.45, 7) is 6.16. The summed E-state index contributed by atoms with van der Waals surface area (Å²) in [7, 11) is 0. The molecule has 2 heterocycles. The number of aromatic nitrogens is 2. The Balaban J connectivity index is 2.29. The third-order valence-corrected chi connectivity index (χ3v) is 5.28. The van der Waals surface area contributed by atoms with Gasteiger partial charge in [-0.3, -0.25) is 14.2 Å². The second-order valence-corrected chi connectivity index (χ2v) is 7.14. The number of nitrogens with zero attached hydrogens (tertiary/aromatic N) is 2. The number of amides is 1. The second-order valence-electron chi connectivity index (χ2n) is 5.94. The summed E-state index contributed by atoms with van der Waals surface area (Å²) in [5.74, 6) is 0.144. The molecule has 0 fully saturated rings. The first-order valence-corrected chi connectivity index (χ1v) is 8.56. The number of carbonyl (C=O) groups is 1. The molecule has 0 aliphatic carbocycles. The van der Waals surface area contributed by atoms with Crippen LogP contribution in [0.25, 0.3) is 21.6 Å². The van der Waals surface area contributed by atoms with Gasteiger partial charge < -0.3 is 5.73 Å². The monoisotopic (exact) mass is 341 g/mol. The molecule has 3 aromatic rings. The minimum Gasteiger partial charge on any atom is -0.370 e. The minimum absolute atomic E-state index is 0.105. The number of fused-ring (bicyclic) bond motifs is 1. The zero-order valence-electron chi connectivity index (χ0n) is 13.9. The van der Waals surface area contributed by atoms with E-state index in [9.17, 15) is 9.59 Å². The van der Waals surface area contributed by atoms with Crippen LogP contribution in [-0.2, 0) is 11.3 Å². The van der Waals surface area contributed by atoms with Gasteiger partial charge in [-0.05, 0) is 26.3 Å². The van der Waals surface area contributed by atoms with Gasteiger partial charge in [-0.15, -0.1) is 11.3 Å². The minimum atomic E-state index is -0.435. The topological polar surface area (TPSA) is 78.0 Å². The first-order valence-electron chi connectivity index (χ1n) is 7.74. The van der Waals surface area contributed by atoms with Crippen LogP contribution < -0.4 is 11.3 Å². The number of hydrogen-bond acceptors (Lipinski definition) is 4. The van der Waals surface area contributed by atoms with Gasteiger partial charge in [-0.1, -0.05) is 29.8 Å². The predicted molar refractivity (Wildman–Crippen MR) is 97.3 cm³/mol. The summed E-state index contributed by atoms with van der Waals surface area (Å²) in [5.41, 5.74) is 8.10. The van der Waals surface area contributed by atoms with E-state index >= 15 is 0 Å². The summed E-state index contributed by atoms with van der Waals surface area (Å²) in [4.78, 5) is 30.8. The molecule has 3 rings (SSSR count). The second kappa shape index (κ2) is 6.20. The first-order chi connectivity index (χ1) is 11.4. The van der Waals surface area contributed by atoms with E-state index in [-0.39, 0.29) is 18.5 Å². The summed E-state index contributed by atoms with van der Waals surface area (Å²) in [6.07, 6.45) is 0.105. The van der Waals surface area contributed by atoms with E-state index in [1.165, 1.54) is 11.3 Å². The molecule has 2 aromatic heterocycles. The highest BCUT2D eigenvalue weighted by molar-refractivity contribution is 7.18. The van der Waals surface area contributed by atoms with Crippen molar-refractivity contribution < 1.29 is 4.79 Å². The summed E-state index contributed by atoms with van der Waals surface area (Å²) in [5, 5.41) is 0.637. The number of primary amides is 1. The van der Waals surface area contributed by atoms with Crippen LogP contribution in [0.2, 0.25) is 0 Å². The number of carbonyl (C=O) groups excluding carboxylic acids is 1. The molecule has 0 saturated heterocycles. The van der Waals surface area contributed by atoms with Crippen LogP contribution in [0.4, 0.5) is 0 Å². The van der Waals surface area contributed by atoms with Gasteiger partial charge in [0.05, 0.1) is 5.39 Å². The molecule has 1 amide bonds. The molecule has 0 atom stereocenters. The molecule has 0 aliphatic rings. The van der Waals surface area contributed by atoms with Gasteiger partial charge in [0.25, 0.3) is 5.56 Å². The summed E-state index contributed by atoms with van der Waals surface area (Å²) in [6, 6.07) is 7.85. The van der Waals surface area contributed by atoms with E-state index in [0.29, 0.717) is 11.2 Å². The Kier molecular flexibility index (Phi) is 4.24. The zero-order valence-corrected chi connectivity index (χ0v) is 14.7. The quantitative estimate of drug-likeness (QED) is 0.792. The Labute approximate surface area is 143 Å². The highest BCUT2D eigenvalue weighted by Gasteiger charge is 2.17. The summed E-state index contributed by atoms with van der Waals surface area (Å²) < 4.78 is 1.57. The standard InChI is InChI=1S/C18H19N3O2S/c1-10-4-6-13(7-5-10)16-20-17-15(11(2)12(3)24-17)18(23)21(16)9-8-14(19)22/h4-7H,8-9H2,1-3H3,(H2,19,22). The first kappa shape index (κ1) is 16.4. The van der Waals surface area contributed by atoms with Gasteiger partial charge in [0.2, 0.25) is 5.91 Å². The highest BCUT2D eigenvalue weighted by atomic mass is 32.1. The SMILES string of the molecule is Cc1ccc(-c2nc3sc(C)c(C)c3c(=O)n2CCC(N)=O)cc1. The number of aryl methyl sites for hydroxylation is 3. The number of benzene rings is 1. The van der Waals surface area contributed by atoms with Crippen molar-refractivity contribution in [1.82, 2.24) is 9.55 Å². The van der Waals surface area contributed by atoms with Crippen molar-refractivity contribution in [2.75, 3.05) is 0 Å². The largest absolute Gasteiger partial charge is 0.370 e. The number of rotatable bonds is 4. The van der Waals surface area contributed by atoms with Gasteiger partial charge in [0, 0.05) is 23.4 Å². The Morgan fingerprint density at radius 3 is 2.50 bits per heavy atom. The molecular formula is C18H19N3O2S. The van der Waals surface area contributed by atoms with Gasteiger partial charge >= 0.3 is 0 Å². The lowest BCUT2D eigenvalue weighted by atomic mass is 10.1. The Morgan fingerprint density at radius 1 is 1.21 bits per heavy atom. The van der Waals surface area contributed by atoms with Crippen LogP contribution >= 0.6 is 11.3 Å². The van der Waals surface area contributed by atoms with Crippen molar-refractivity contribution in [3.63, 3.8) is 0 Å². The molecule has 124 valence electrons. The van der Waals surface area contributed by atoms with Gasteiger partial charge in [-0.2, -0.15) is 0 Å². The van der Waals surface area contributed by atoms with Crippen molar-refractivity contribution in [2.24, 2.45) is 5.73 Å². The van der Waals surface area contributed by atoms with Crippen LogP contribution in [-0.4, -0.2) is 15.5 Å². The normalized spacial score (nSPS) is 11.1. The van der Waals surface area contributed by atoms with Crippen molar-refractivity contribution in [3.8, 4) is 11.4 Å². The van der Waals surface area contributed by atoms with Gasteiger partial charge in [-0.25, -0.2) is 4.98 Å². The lowest BCUT2D eigenvalue weighted by Crippen LogP contribution is -2.26. The van der Waals surface area contributed by atoms with E-state index in [4.69, 9.17) is 10.7 Å². The highest BCUT2D eigenvalue weighted by Crippen LogP contribution is 2.28. The maximum absolute atomic E-state index is 13.0. The van der Waals surface area contributed by atoms with E-state index in [0.717, 1.165) is 26.4 Å². The van der Waals surface area contributed by atoms with E-state index in [1.807, 2.05) is 45.0 Å². The molecule has 24 heavy (non-hydrogen) atoms. The van der Waals surface area contributed by atoms with E-state index in [1.54, 1.807) is 4.57 Å². The van der Waals surface area contributed by atoms with Crippen molar-refractivity contribution in [2.45, 2.75) is 33.7 Å². The van der Waals surface area contributed by atoms with Gasteiger partial charge in [0.15, 0.2) is 0 Å². The fourth-order valence-corrected chi connectivity index (χ4v) is 3.70. The van der Waals surface area contributed by atoms with Crippen LogP contribution in [0.5, 0.6) is 0 Å². The van der Waals surface area contributed by atoms with Crippen molar-refractivity contribution in [3.05, 3.63) is 50.6 Å². The smallest absolute Gasteiger partial charge is 0.262 e. The molecule has 1 aromatic carbocycles. The van der Waals surface area contributed by atoms with Crippen LogP contribution in [0.3, 0.4) is 0 Å². The Bertz CT molecular complexity index is 984. The molecule has 0 bridgehead atoms. The maximum atomic E-state index is 13.0. The Hall–Kier alpha value is -2.47. The lowest BCUT2D eigenvalue weighted by molar-refractivity contribution is -0.118. The number of thiophene rings is 1. The predicted octanol–water partition coefficient (Wildman–Crippen LogP) is 2.93. The Morgan fingerprint density at radius 2 is 1.88 bits per heavy atom. The molecule has 5 nitrogen and oxygen atoms in total. The van der Waals surface area contributed by atoms with E-state index < -0.39 is 5.91 Å². The molecule has 0 saturated carbocycles. The zero-order chi connectivity index (χ0) is 17.4. The fraction of sp³-hybridized carbons (Fsp3) is 0.278. The number of hydrogen-bond donors (Lipinski definition) is 1. The van der Waals surface area contributed by atoms with Crippen LogP contribution in [0, 0.1) is 20.8 Å². The molecule has 2 N–H and O–H groups in total. The van der Waals surface area contributed by atoms with E-state index in [2.05, 4.69) is 0 Å². The molecule has 0 aliphatic heterocycles. The number of nitrogens with two attached hydrogens (primary N) is 1. The van der Waals surface area contributed by atoms with Crippen molar-refractivity contribution in [1.29, 1.82) is 0 Å². The molecular weight excluding hydrogens is 322 g/mol. The average molecular weight is 341 g/mol. The van der Waals surface area contributed by atoms with Gasteiger partial charge in [0.1, 0.15) is 10.7 Å². The van der Waals surface area contributed by atoms with Crippen LogP contribution in [0.1, 0.15) is 22.4 Å². The molecule has 6 heteroatoms. The molecule has 0 spiro atoms. The molecule has 0 unspecified atom stereocenters.